The lowest BCUT2D eigenvalue weighted by Crippen LogP contribution is -2.19. The van der Waals surface area contributed by atoms with E-state index < -0.39 is 18.3 Å². The Hall–Kier alpha value is -5.38. The van der Waals surface area contributed by atoms with Gasteiger partial charge in [-0.05, 0) is 88.7 Å². The number of fused-ring (bicyclic) bond motifs is 2. The number of aliphatic carboxylic acids is 1. The largest absolute Gasteiger partial charge is 0.507 e. The number of para-hydroxylation sites is 4. The second kappa shape index (κ2) is 19.4. The minimum absolute atomic E-state index is 0.0486. The first-order valence-corrected chi connectivity index (χ1v) is 20.7. The lowest BCUT2D eigenvalue weighted by Gasteiger charge is -2.24. The number of rotatable bonds is 15. The molecule has 2 aliphatic rings. The van der Waals surface area contributed by atoms with Gasteiger partial charge in [-0.25, -0.2) is 0 Å². The van der Waals surface area contributed by atoms with Gasteiger partial charge >= 0.3 is 11.9 Å². The molecule has 0 radical (unpaired) electrons. The Kier molecular flexibility index (Phi) is 14.6. The van der Waals surface area contributed by atoms with Gasteiger partial charge < -0.3 is 20.1 Å². The number of phenols is 2. The maximum absolute atomic E-state index is 12.3. The van der Waals surface area contributed by atoms with Crippen molar-refractivity contribution >= 4 is 11.9 Å². The Morgan fingerprint density at radius 3 is 1.40 bits per heavy atom. The van der Waals surface area contributed by atoms with Gasteiger partial charge in [0.25, 0.3) is 0 Å². The molecule has 2 aliphatic heterocycles. The molecule has 10 heteroatoms. The average molecular weight is 789 g/mol. The molecule has 58 heavy (non-hydrogen) atoms. The molecule has 0 unspecified atom stereocenters. The van der Waals surface area contributed by atoms with Crippen LogP contribution in [0.1, 0.15) is 146 Å². The minimum Gasteiger partial charge on any atom is -0.507 e. The Morgan fingerprint density at radius 2 is 1.00 bits per heavy atom. The highest BCUT2D eigenvalue weighted by Gasteiger charge is 2.27. The molecule has 6 rings (SSSR count). The molecule has 4 aromatic rings. The van der Waals surface area contributed by atoms with Crippen molar-refractivity contribution in [3.8, 4) is 11.5 Å². The molecular formula is C48H60N4O6. The van der Waals surface area contributed by atoms with E-state index in [0.29, 0.717) is 37.0 Å². The molecule has 0 aromatic heterocycles. The van der Waals surface area contributed by atoms with Crippen molar-refractivity contribution in [1.82, 2.24) is 0 Å². The molecule has 0 bridgehead atoms. The maximum atomic E-state index is 12.3. The van der Waals surface area contributed by atoms with Gasteiger partial charge in [-0.3, -0.25) is 29.6 Å². The van der Waals surface area contributed by atoms with E-state index in [0.717, 1.165) is 56.5 Å². The van der Waals surface area contributed by atoms with Crippen LogP contribution < -0.4 is 21.4 Å². The molecule has 0 fully saturated rings. The third-order valence-corrected chi connectivity index (χ3v) is 10.4. The summed E-state index contributed by atoms with van der Waals surface area (Å²) in [7, 11) is 0. The van der Waals surface area contributed by atoms with Gasteiger partial charge in [0.1, 0.15) is 11.5 Å². The van der Waals surface area contributed by atoms with Crippen LogP contribution >= 0.6 is 0 Å². The summed E-state index contributed by atoms with van der Waals surface area (Å²) in [5.74, 6) is -0.577. The lowest BCUT2D eigenvalue weighted by atomic mass is 9.83. The number of aromatic hydroxyl groups is 2. The van der Waals surface area contributed by atoms with Crippen LogP contribution in [0.3, 0.4) is 0 Å². The number of esters is 1. The first kappa shape index (κ1) is 43.7. The number of ether oxygens (including phenoxy) is 1. The zero-order chi connectivity index (χ0) is 42.0. The second-order valence-electron chi connectivity index (χ2n) is 17.3. The van der Waals surface area contributed by atoms with Crippen LogP contribution in [0.4, 0.5) is 0 Å². The predicted octanol–water partition coefficient (Wildman–Crippen LogP) is 8.14. The van der Waals surface area contributed by atoms with Crippen LogP contribution in [0.5, 0.6) is 11.5 Å². The van der Waals surface area contributed by atoms with Gasteiger partial charge in [0.05, 0.1) is 28.0 Å². The SMILES string of the molecule is CC(C)(C)c1cc(CCC(=O)O)cc(C2N=c3ccccc3=N2)c1O.CCCCCCCCOC(=O)CCc1cc(C2N=c3ccccc3=N2)c(O)c(C(C)(C)C)c1. The number of carbonyl (C=O) groups is 2. The quantitative estimate of drug-likeness (QED) is 0.0817. The molecule has 10 nitrogen and oxygen atoms in total. The number of benzene rings is 4. The number of phenolic OH excluding ortho intramolecular Hbond substituents is 2. The molecule has 2 heterocycles. The van der Waals surface area contributed by atoms with Crippen molar-refractivity contribution in [2.24, 2.45) is 20.0 Å². The highest BCUT2D eigenvalue weighted by Crippen LogP contribution is 2.40. The highest BCUT2D eigenvalue weighted by molar-refractivity contribution is 5.70. The molecule has 0 saturated carbocycles. The van der Waals surface area contributed by atoms with E-state index in [2.05, 4.69) is 37.7 Å². The smallest absolute Gasteiger partial charge is 0.306 e. The molecular weight excluding hydrogens is 729 g/mol. The number of hydrogen-bond acceptors (Lipinski definition) is 9. The number of unbranched alkanes of at least 4 members (excludes halogenated alkanes) is 5. The molecule has 3 N–H and O–H groups in total. The lowest BCUT2D eigenvalue weighted by molar-refractivity contribution is -0.143. The number of hydrogen-bond donors (Lipinski definition) is 3. The van der Waals surface area contributed by atoms with Gasteiger partial charge in [-0.15, -0.1) is 0 Å². The topological polar surface area (TPSA) is 154 Å². The summed E-state index contributed by atoms with van der Waals surface area (Å²) in [6.45, 7) is 15.0. The monoisotopic (exact) mass is 788 g/mol. The Labute approximate surface area is 342 Å². The van der Waals surface area contributed by atoms with Crippen LogP contribution in [0, 0.1) is 0 Å². The van der Waals surface area contributed by atoms with Gasteiger partial charge in [0.2, 0.25) is 0 Å². The van der Waals surface area contributed by atoms with E-state index in [9.17, 15) is 19.8 Å². The number of carboxylic acids is 1. The molecule has 0 saturated heterocycles. The van der Waals surface area contributed by atoms with E-state index in [1.165, 1.54) is 25.7 Å². The molecule has 308 valence electrons. The summed E-state index contributed by atoms with van der Waals surface area (Å²) >= 11 is 0. The maximum Gasteiger partial charge on any atom is 0.306 e. The zero-order valence-corrected chi connectivity index (χ0v) is 35.2. The third kappa shape index (κ3) is 11.6. The summed E-state index contributed by atoms with van der Waals surface area (Å²) in [5.41, 5.74) is 4.29. The van der Waals surface area contributed by atoms with Crippen molar-refractivity contribution in [1.29, 1.82) is 0 Å². The summed E-state index contributed by atoms with van der Waals surface area (Å²) in [6.07, 6.45) is 7.39. The van der Waals surface area contributed by atoms with E-state index >= 15 is 0 Å². The van der Waals surface area contributed by atoms with Crippen molar-refractivity contribution in [2.45, 2.75) is 136 Å². The van der Waals surface area contributed by atoms with Crippen LogP contribution in [-0.4, -0.2) is 33.9 Å². The van der Waals surface area contributed by atoms with Crippen LogP contribution in [-0.2, 0) is 38.0 Å². The summed E-state index contributed by atoms with van der Waals surface area (Å²) in [4.78, 5) is 41.8. The van der Waals surface area contributed by atoms with Crippen molar-refractivity contribution in [2.75, 3.05) is 6.61 Å². The number of carboxylic acid groups (broad SMARTS) is 1. The zero-order valence-electron chi connectivity index (χ0n) is 35.2. The Morgan fingerprint density at radius 1 is 0.603 bits per heavy atom. The Bertz CT molecular complexity index is 2270. The first-order valence-electron chi connectivity index (χ1n) is 20.7. The van der Waals surface area contributed by atoms with E-state index in [4.69, 9.17) is 19.8 Å². The van der Waals surface area contributed by atoms with E-state index in [1.54, 1.807) is 0 Å². The molecule has 0 spiro atoms. The van der Waals surface area contributed by atoms with Crippen LogP contribution in [0.25, 0.3) is 0 Å². The number of carbonyl (C=O) groups excluding carboxylic acids is 1. The van der Waals surface area contributed by atoms with E-state index in [1.807, 2.05) is 93.6 Å². The van der Waals surface area contributed by atoms with Gasteiger partial charge in [-0.1, -0.05) is 117 Å². The molecule has 4 aromatic carbocycles. The average Bonchev–Trinajstić information content (AvgIpc) is 3.81. The normalized spacial score (nSPS) is 13.6. The van der Waals surface area contributed by atoms with Gasteiger partial charge in [0.15, 0.2) is 12.3 Å². The Balaban J connectivity index is 0.000000229. The predicted molar refractivity (Wildman–Crippen MR) is 225 cm³/mol. The van der Waals surface area contributed by atoms with Crippen molar-refractivity contribution in [3.63, 3.8) is 0 Å². The standard InChI is InChI=1S/C28H38N2O3.C20H22N2O3/c1-5-6-7-8-9-12-17-33-25(31)16-15-20-18-21(26(32)22(19-20)28(2,3)4)27-29-23-13-10-11-14-24(23)30-27;1-20(2,3)14-11-12(8-9-17(23)24)10-13(18(14)25)19-21-15-6-4-5-7-16(15)22-19/h10-11,13-14,18-19,27,32H,5-9,12,15-17H2,1-4H3;4-7,10-11,19,25H,8-9H2,1-3H3,(H,23,24). The van der Waals surface area contributed by atoms with Crippen molar-refractivity contribution < 1.29 is 29.6 Å². The first-order chi connectivity index (χ1) is 27.5. The number of nitrogens with zero attached hydrogens (tertiary/aromatic N) is 4. The molecule has 0 aliphatic carbocycles. The minimum atomic E-state index is -0.838. The van der Waals surface area contributed by atoms with Gasteiger partial charge in [-0.2, -0.15) is 0 Å². The molecule has 0 atom stereocenters. The fourth-order valence-electron chi connectivity index (χ4n) is 7.13. The fourth-order valence-corrected chi connectivity index (χ4v) is 7.13. The van der Waals surface area contributed by atoms with Crippen LogP contribution in [0.2, 0.25) is 0 Å². The highest BCUT2D eigenvalue weighted by atomic mass is 16.5. The fraction of sp³-hybridized carbons (Fsp3) is 0.458. The van der Waals surface area contributed by atoms with E-state index in [-0.39, 0.29) is 34.7 Å². The summed E-state index contributed by atoms with van der Waals surface area (Å²) in [6, 6.07) is 23.0. The van der Waals surface area contributed by atoms with Gasteiger partial charge in [0, 0.05) is 24.0 Å². The summed E-state index contributed by atoms with van der Waals surface area (Å²) in [5, 5.41) is 34.2. The number of aryl methyl sites for hydroxylation is 2. The second-order valence-corrected chi connectivity index (χ2v) is 17.3. The van der Waals surface area contributed by atoms with Crippen molar-refractivity contribution in [3.05, 3.63) is 128 Å². The van der Waals surface area contributed by atoms with Crippen LogP contribution in [0.15, 0.2) is 92.8 Å². The molecule has 0 amide bonds. The summed E-state index contributed by atoms with van der Waals surface area (Å²) < 4.78 is 5.44. The third-order valence-electron chi connectivity index (χ3n) is 10.4.